The number of rotatable bonds is 5. The second kappa shape index (κ2) is 6.86. The average Bonchev–Trinajstić information content (AvgIpc) is 3.11. The molecule has 3 rings (SSSR count). The number of hydrogen-bond donors (Lipinski definition) is 2. The summed E-state index contributed by atoms with van der Waals surface area (Å²) in [5, 5.41) is 3.16. The van der Waals surface area contributed by atoms with Crippen LogP contribution in [0.2, 0.25) is 0 Å². The lowest BCUT2D eigenvalue weighted by Gasteiger charge is -2.07. The average molecular weight is 312 g/mol. The minimum atomic E-state index is 0.399. The van der Waals surface area contributed by atoms with Crippen LogP contribution >= 0.6 is 0 Å². The second-order valence-corrected chi connectivity index (χ2v) is 6.03. The van der Waals surface area contributed by atoms with Crippen LogP contribution in [0.4, 0.5) is 5.69 Å². The lowest BCUT2D eigenvalue weighted by atomic mass is 10.1. The summed E-state index contributed by atoms with van der Waals surface area (Å²) in [6.07, 6.45) is 5.45. The van der Waals surface area contributed by atoms with E-state index in [2.05, 4.69) is 40.4 Å². The molecule has 0 bridgehead atoms. The monoisotopic (exact) mass is 312 g/mol. The molecule has 1 aromatic heterocycles. The van der Waals surface area contributed by atoms with Gasteiger partial charge in [0.15, 0.2) is 11.9 Å². The molecule has 2 aromatic rings. The summed E-state index contributed by atoms with van der Waals surface area (Å²) in [4.78, 5) is 8.77. The van der Waals surface area contributed by atoms with Crippen molar-refractivity contribution in [2.45, 2.75) is 52.5 Å². The van der Waals surface area contributed by atoms with Crippen LogP contribution in [-0.4, -0.2) is 10.9 Å². The molecule has 0 amide bonds. The topological polar surface area (TPSA) is 76.4 Å². The predicted molar refractivity (Wildman–Crippen MR) is 92.7 cm³/mol. The summed E-state index contributed by atoms with van der Waals surface area (Å²) in [6, 6.07) is 6.41. The van der Waals surface area contributed by atoms with E-state index < -0.39 is 0 Å². The van der Waals surface area contributed by atoms with Crippen molar-refractivity contribution in [3.8, 4) is 0 Å². The fraction of sp³-hybridized carbons (Fsp3) is 0.444. The number of fused-ring (bicyclic) bond motifs is 1. The maximum Gasteiger partial charge on any atom is 0.194 e. The Kier molecular flexibility index (Phi) is 4.65. The number of aromatic nitrogens is 1. The molecule has 0 saturated carbocycles. The van der Waals surface area contributed by atoms with E-state index in [4.69, 9.17) is 10.2 Å². The normalized spacial score (nSPS) is 14.1. The van der Waals surface area contributed by atoms with Gasteiger partial charge in [0.05, 0.1) is 5.69 Å². The summed E-state index contributed by atoms with van der Waals surface area (Å²) < 4.78 is 5.71. The Labute approximate surface area is 137 Å². The third-order valence-electron chi connectivity index (χ3n) is 4.16. The summed E-state index contributed by atoms with van der Waals surface area (Å²) in [5.74, 6) is 1.96. The van der Waals surface area contributed by atoms with Gasteiger partial charge in [0.1, 0.15) is 12.3 Å². The van der Waals surface area contributed by atoms with Crippen LogP contribution < -0.4 is 11.1 Å². The highest BCUT2D eigenvalue weighted by molar-refractivity contribution is 5.92. The van der Waals surface area contributed by atoms with Gasteiger partial charge in [-0.3, -0.25) is 0 Å². The first-order valence-corrected chi connectivity index (χ1v) is 8.29. The van der Waals surface area contributed by atoms with Gasteiger partial charge in [-0.2, -0.15) is 0 Å². The first kappa shape index (κ1) is 15.6. The Bertz CT molecular complexity index is 718. The number of oxazole rings is 1. The number of nitrogens with zero attached hydrogens (tertiary/aromatic N) is 2. The Balaban J connectivity index is 1.63. The highest BCUT2D eigenvalue weighted by Crippen LogP contribution is 2.24. The number of hydrogen-bond acceptors (Lipinski definition) is 3. The number of nitrogens with two attached hydrogens (primary N) is 1. The molecule has 0 spiro atoms. The van der Waals surface area contributed by atoms with Gasteiger partial charge in [0.2, 0.25) is 0 Å². The second-order valence-electron chi connectivity index (χ2n) is 6.03. The molecule has 5 heteroatoms. The highest BCUT2D eigenvalue weighted by atomic mass is 16.4. The Hall–Kier alpha value is -2.30. The molecule has 1 aliphatic rings. The van der Waals surface area contributed by atoms with Crippen molar-refractivity contribution in [3.63, 3.8) is 0 Å². The van der Waals surface area contributed by atoms with Crippen LogP contribution in [0.25, 0.3) is 0 Å². The standard InChI is InChI=1S/C18H24N4O/c1-3-5-17-21-12(2)16(23-17)11-20-18(19)22-15-9-8-13-6-4-7-14(13)10-15/h8-10H,3-7,11H2,1-2H3,(H3,19,20,22). The third kappa shape index (κ3) is 3.73. The van der Waals surface area contributed by atoms with Gasteiger partial charge in [-0.1, -0.05) is 13.0 Å². The number of aryl methyl sites for hydroxylation is 4. The largest absolute Gasteiger partial charge is 0.443 e. The van der Waals surface area contributed by atoms with Crippen LogP contribution in [0.15, 0.2) is 27.6 Å². The van der Waals surface area contributed by atoms with Gasteiger partial charge in [0.25, 0.3) is 0 Å². The lowest BCUT2D eigenvalue weighted by Crippen LogP contribution is -2.22. The number of nitrogens with one attached hydrogen (secondary N) is 1. The molecular weight excluding hydrogens is 288 g/mol. The summed E-state index contributed by atoms with van der Waals surface area (Å²) >= 11 is 0. The molecule has 5 nitrogen and oxygen atoms in total. The zero-order valence-corrected chi connectivity index (χ0v) is 13.9. The van der Waals surface area contributed by atoms with Crippen molar-refractivity contribution in [3.05, 3.63) is 46.7 Å². The van der Waals surface area contributed by atoms with E-state index in [9.17, 15) is 0 Å². The summed E-state index contributed by atoms with van der Waals surface area (Å²) in [7, 11) is 0. The molecule has 0 atom stereocenters. The maximum atomic E-state index is 5.99. The summed E-state index contributed by atoms with van der Waals surface area (Å²) in [5.41, 5.74) is 10.7. The Morgan fingerprint density at radius 3 is 3.00 bits per heavy atom. The maximum absolute atomic E-state index is 5.99. The fourth-order valence-corrected chi connectivity index (χ4v) is 2.95. The molecule has 122 valence electrons. The van der Waals surface area contributed by atoms with Gasteiger partial charge in [-0.15, -0.1) is 0 Å². The van der Waals surface area contributed by atoms with E-state index in [1.54, 1.807) is 0 Å². The highest BCUT2D eigenvalue weighted by Gasteiger charge is 2.11. The molecule has 0 saturated heterocycles. The van der Waals surface area contributed by atoms with Crippen LogP contribution in [0, 0.1) is 6.92 Å². The van der Waals surface area contributed by atoms with Crippen molar-refractivity contribution in [2.24, 2.45) is 10.7 Å². The van der Waals surface area contributed by atoms with Crippen molar-refractivity contribution < 1.29 is 4.42 Å². The Morgan fingerprint density at radius 2 is 2.17 bits per heavy atom. The van der Waals surface area contributed by atoms with Gasteiger partial charge in [-0.25, -0.2) is 9.98 Å². The SMILES string of the molecule is CCCc1nc(C)c(CN=C(N)Nc2ccc3c(c2)CCC3)o1. The van der Waals surface area contributed by atoms with Crippen LogP contribution in [0.1, 0.15) is 48.2 Å². The van der Waals surface area contributed by atoms with Gasteiger partial charge in [0, 0.05) is 12.1 Å². The van der Waals surface area contributed by atoms with Gasteiger partial charge < -0.3 is 15.5 Å². The number of benzene rings is 1. The van der Waals surface area contributed by atoms with Crippen LogP contribution in [0.3, 0.4) is 0 Å². The summed E-state index contributed by atoms with van der Waals surface area (Å²) in [6.45, 7) is 4.46. The van der Waals surface area contributed by atoms with Gasteiger partial charge in [-0.05, 0) is 55.9 Å². The fourth-order valence-electron chi connectivity index (χ4n) is 2.95. The number of guanidine groups is 1. The molecule has 0 fully saturated rings. The predicted octanol–water partition coefficient (Wildman–Crippen LogP) is 3.35. The smallest absolute Gasteiger partial charge is 0.194 e. The zero-order valence-electron chi connectivity index (χ0n) is 13.9. The van der Waals surface area contributed by atoms with E-state index >= 15 is 0 Å². The molecule has 0 unspecified atom stereocenters. The molecule has 0 radical (unpaired) electrons. The van der Waals surface area contributed by atoms with E-state index in [1.807, 2.05) is 6.92 Å². The molecule has 1 aromatic carbocycles. The van der Waals surface area contributed by atoms with Crippen LogP contribution in [-0.2, 0) is 25.8 Å². The molecule has 1 heterocycles. The minimum Gasteiger partial charge on any atom is -0.443 e. The molecule has 23 heavy (non-hydrogen) atoms. The van der Waals surface area contributed by atoms with Gasteiger partial charge >= 0.3 is 0 Å². The van der Waals surface area contributed by atoms with E-state index in [0.29, 0.717) is 12.5 Å². The van der Waals surface area contributed by atoms with E-state index in [0.717, 1.165) is 42.3 Å². The first-order valence-electron chi connectivity index (χ1n) is 8.29. The quantitative estimate of drug-likeness (QED) is 0.655. The minimum absolute atomic E-state index is 0.399. The van der Waals surface area contributed by atoms with Crippen molar-refractivity contribution >= 4 is 11.6 Å². The van der Waals surface area contributed by atoms with E-state index in [-0.39, 0.29) is 0 Å². The van der Waals surface area contributed by atoms with Crippen molar-refractivity contribution in [1.82, 2.24) is 4.98 Å². The zero-order chi connectivity index (χ0) is 16.2. The first-order chi connectivity index (χ1) is 11.2. The Morgan fingerprint density at radius 1 is 1.35 bits per heavy atom. The van der Waals surface area contributed by atoms with Crippen molar-refractivity contribution in [2.75, 3.05) is 5.32 Å². The molecule has 0 aliphatic heterocycles. The number of anilines is 1. The molecular formula is C18H24N4O. The third-order valence-corrected chi connectivity index (χ3v) is 4.16. The van der Waals surface area contributed by atoms with Crippen molar-refractivity contribution in [1.29, 1.82) is 0 Å². The number of aliphatic imine (C=N–C) groups is 1. The molecule has 1 aliphatic carbocycles. The van der Waals surface area contributed by atoms with E-state index in [1.165, 1.54) is 24.0 Å². The van der Waals surface area contributed by atoms with Crippen LogP contribution in [0.5, 0.6) is 0 Å². The molecule has 3 N–H and O–H groups in total. The lowest BCUT2D eigenvalue weighted by molar-refractivity contribution is 0.453.